The van der Waals surface area contributed by atoms with Crippen molar-refractivity contribution in [3.8, 4) is 0 Å². The molecule has 0 aliphatic carbocycles. The summed E-state index contributed by atoms with van der Waals surface area (Å²) in [6.45, 7) is 0. The SMILES string of the molecule is N/C(=C\N(N)c1ccc(N)cc1)c1cccc(/C(N)=C/N(N)c2ccc(N)cc2)n1. The van der Waals surface area contributed by atoms with E-state index >= 15 is 0 Å². The number of aromatic nitrogens is 1. The minimum Gasteiger partial charge on any atom is -0.399 e. The van der Waals surface area contributed by atoms with Crippen molar-refractivity contribution in [1.29, 1.82) is 0 Å². The molecule has 2 aromatic carbocycles. The molecule has 12 N–H and O–H groups in total. The first-order valence-corrected chi connectivity index (χ1v) is 9.05. The number of nitrogen functional groups attached to an aromatic ring is 2. The molecule has 0 fully saturated rings. The van der Waals surface area contributed by atoms with Crippen LogP contribution in [0.5, 0.6) is 0 Å². The van der Waals surface area contributed by atoms with E-state index in [1.54, 1.807) is 79.1 Å². The molecule has 9 heteroatoms. The van der Waals surface area contributed by atoms with Crippen molar-refractivity contribution in [3.63, 3.8) is 0 Å². The van der Waals surface area contributed by atoms with Gasteiger partial charge < -0.3 is 22.9 Å². The third-order valence-electron chi connectivity index (χ3n) is 4.28. The Labute approximate surface area is 174 Å². The van der Waals surface area contributed by atoms with E-state index in [-0.39, 0.29) is 0 Å². The van der Waals surface area contributed by atoms with Gasteiger partial charge in [0.15, 0.2) is 0 Å². The Hall–Kier alpha value is -4.21. The minimum absolute atomic E-state index is 0.368. The monoisotopic (exact) mass is 403 g/mol. The van der Waals surface area contributed by atoms with E-state index in [0.29, 0.717) is 34.2 Å². The van der Waals surface area contributed by atoms with Gasteiger partial charge in [-0.05, 0) is 60.7 Å². The average molecular weight is 403 g/mol. The normalized spacial score (nSPS) is 11.9. The van der Waals surface area contributed by atoms with E-state index < -0.39 is 0 Å². The van der Waals surface area contributed by atoms with Crippen LogP contribution in [0.1, 0.15) is 11.4 Å². The number of rotatable bonds is 6. The summed E-state index contributed by atoms with van der Waals surface area (Å²) in [7, 11) is 0. The van der Waals surface area contributed by atoms with E-state index in [1.807, 2.05) is 0 Å². The predicted octanol–water partition coefficient (Wildman–Crippen LogP) is 1.52. The summed E-state index contributed by atoms with van der Waals surface area (Å²) < 4.78 is 0. The molecule has 0 atom stereocenters. The number of hydrogen-bond donors (Lipinski definition) is 6. The number of pyridine rings is 1. The van der Waals surface area contributed by atoms with Gasteiger partial charge in [0.25, 0.3) is 0 Å². The molecule has 1 aromatic heterocycles. The van der Waals surface area contributed by atoms with E-state index in [2.05, 4.69) is 4.98 Å². The van der Waals surface area contributed by atoms with Gasteiger partial charge in [0, 0.05) is 23.8 Å². The number of anilines is 4. The lowest BCUT2D eigenvalue weighted by molar-refractivity contribution is 1.06. The highest BCUT2D eigenvalue weighted by Gasteiger charge is 2.07. The maximum Gasteiger partial charge on any atom is 0.0882 e. The first-order chi connectivity index (χ1) is 14.3. The summed E-state index contributed by atoms with van der Waals surface area (Å²) in [6, 6.07) is 19.5. The molecule has 154 valence electrons. The molecule has 0 unspecified atom stereocenters. The van der Waals surface area contributed by atoms with Crippen LogP contribution in [0.4, 0.5) is 22.7 Å². The Balaban J connectivity index is 1.80. The second-order valence-electron chi connectivity index (χ2n) is 6.57. The highest BCUT2D eigenvalue weighted by molar-refractivity contribution is 5.68. The average Bonchev–Trinajstić information content (AvgIpc) is 2.74. The Bertz CT molecular complexity index is 974. The third-order valence-corrected chi connectivity index (χ3v) is 4.28. The molecule has 0 radical (unpaired) electrons. The highest BCUT2D eigenvalue weighted by Crippen LogP contribution is 2.18. The summed E-state index contributed by atoms with van der Waals surface area (Å²) >= 11 is 0. The predicted molar refractivity (Wildman–Crippen MR) is 124 cm³/mol. The fourth-order valence-electron chi connectivity index (χ4n) is 2.63. The number of hydrogen-bond acceptors (Lipinski definition) is 9. The standard InChI is InChI=1S/C21H25N9/c22-14-4-8-16(9-5-14)29(26)12-18(24)20-2-1-3-21(28-20)19(25)13-30(27)17-10-6-15(23)7-11-17/h1-13H,22-27H2/b18-12-,19-13-. The molecular formula is C21H25N9. The van der Waals surface area contributed by atoms with Crippen LogP contribution in [0.25, 0.3) is 11.4 Å². The van der Waals surface area contributed by atoms with Crippen LogP contribution in [-0.2, 0) is 0 Å². The Kier molecular flexibility index (Phi) is 6.06. The number of hydrazine groups is 2. The molecule has 0 aliphatic heterocycles. The van der Waals surface area contributed by atoms with Gasteiger partial charge in [-0.15, -0.1) is 0 Å². The maximum atomic E-state index is 6.18. The number of nitrogens with zero attached hydrogens (tertiary/aromatic N) is 3. The Morgan fingerprint density at radius 3 is 1.37 bits per heavy atom. The van der Waals surface area contributed by atoms with Crippen LogP contribution in [0, 0.1) is 0 Å². The molecule has 9 nitrogen and oxygen atoms in total. The van der Waals surface area contributed by atoms with Crippen molar-refractivity contribution in [2.24, 2.45) is 23.2 Å². The Morgan fingerprint density at radius 1 is 0.633 bits per heavy atom. The fourth-order valence-corrected chi connectivity index (χ4v) is 2.63. The van der Waals surface area contributed by atoms with Crippen molar-refractivity contribution < 1.29 is 0 Å². The van der Waals surface area contributed by atoms with E-state index in [0.717, 1.165) is 11.4 Å². The van der Waals surface area contributed by atoms with Crippen molar-refractivity contribution >= 4 is 34.1 Å². The van der Waals surface area contributed by atoms with E-state index in [1.165, 1.54) is 10.0 Å². The van der Waals surface area contributed by atoms with Gasteiger partial charge >= 0.3 is 0 Å². The molecule has 3 aromatic rings. The maximum absolute atomic E-state index is 6.18. The van der Waals surface area contributed by atoms with E-state index in [9.17, 15) is 0 Å². The summed E-state index contributed by atoms with van der Waals surface area (Å²) in [5.74, 6) is 12.1. The van der Waals surface area contributed by atoms with Gasteiger partial charge in [-0.25, -0.2) is 16.7 Å². The van der Waals surface area contributed by atoms with Crippen molar-refractivity contribution in [2.45, 2.75) is 0 Å². The summed E-state index contributed by atoms with van der Waals surface area (Å²) in [6.07, 6.45) is 3.14. The van der Waals surface area contributed by atoms with Crippen LogP contribution in [-0.4, -0.2) is 4.98 Å². The lowest BCUT2D eigenvalue weighted by atomic mass is 10.2. The molecule has 0 spiro atoms. The largest absolute Gasteiger partial charge is 0.399 e. The zero-order valence-electron chi connectivity index (χ0n) is 16.3. The molecule has 0 amide bonds. The fraction of sp³-hybridized carbons (Fsp3) is 0. The molecule has 0 saturated heterocycles. The molecule has 0 saturated carbocycles. The molecule has 0 aliphatic rings. The zero-order chi connectivity index (χ0) is 21.7. The first-order valence-electron chi connectivity index (χ1n) is 9.05. The van der Waals surface area contributed by atoms with Gasteiger partial charge in [0.05, 0.1) is 34.2 Å². The summed E-state index contributed by atoms with van der Waals surface area (Å²) in [5, 5.41) is 2.79. The van der Waals surface area contributed by atoms with Crippen molar-refractivity contribution in [3.05, 3.63) is 90.5 Å². The van der Waals surface area contributed by atoms with Crippen molar-refractivity contribution in [2.75, 3.05) is 21.5 Å². The zero-order valence-corrected chi connectivity index (χ0v) is 16.3. The second-order valence-corrected chi connectivity index (χ2v) is 6.57. The quantitative estimate of drug-likeness (QED) is 0.202. The number of benzene rings is 2. The smallest absolute Gasteiger partial charge is 0.0882 e. The Morgan fingerprint density at radius 2 is 1.00 bits per heavy atom. The summed E-state index contributed by atoms with van der Waals surface area (Å²) in [5.41, 5.74) is 28.3. The molecule has 3 rings (SSSR count). The van der Waals surface area contributed by atoms with E-state index in [4.69, 9.17) is 34.6 Å². The first kappa shape index (κ1) is 20.5. The van der Waals surface area contributed by atoms with Crippen LogP contribution in [0.2, 0.25) is 0 Å². The molecule has 0 bridgehead atoms. The van der Waals surface area contributed by atoms with Gasteiger partial charge in [-0.3, -0.25) is 10.0 Å². The highest BCUT2D eigenvalue weighted by atomic mass is 15.4. The topological polar surface area (TPSA) is 175 Å². The molecular weight excluding hydrogens is 378 g/mol. The van der Waals surface area contributed by atoms with Crippen LogP contribution < -0.4 is 44.6 Å². The molecule has 30 heavy (non-hydrogen) atoms. The van der Waals surface area contributed by atoms with Gasteiger partial charge in [-0.1, -0.05) is 6.07 Å². The number of nitrogens with two attached hydrogens (primary N) is 6. The minimum atomic E-state index is 0.368. The lowest BCUT2D eigenvalue weighted by Gasteiger charge is -2.16. The van der Waals surface area contributed by atoms with Crippen molar-refractivity contribution in [1.82, 2.24) is 4.98 Å². The van der Waals surface area contributed by atoms with Crippen LogP contribution in [0.3, 0.4) is 0 Å². The molecule has 1 heterocycles. The van der Waals surface area contributed by atoms with Gasteiger partial charge in [-0.2, -0.15) is 0 Å². The lowest BCUT2D eigenvalue weighted by Crippen LogP contribution is -2.26. The second kappa shape index (κ2) is 8.86. The van der Waals surface area contributed by atoms with Crippen LogP contribution in [0.15, 0.2) is 79.1 Å². The summed E-state index contributed by atoms with van der Waals surface area (Å²) in [4.78, 5) is 4.50. The van der Waals surface area contributed by atoms with Gasteiger partial charge in [0.2, 0.25) is 0 Å². The van der Waals surface area contributed by atoms with Gasteiger partial charge in [0.1, 0.15) is 0 Å². The van der Waals surface area contributed by atoms with Crippen LogP contribution >= 0.6 is 0 Å². The third kappa shape index (κ3) is 4.98.